The van der Waals surface area contributed by atoms with Crippen LogP contribution in [0.1, 0.15) is 38.6 Å². The van der Waals surface area contributed by atoms with Gasteiger partial charge < -0.3 is 9.32 Å². The average molecular weight is 326 g/mol. The minimum absolute atomic E-state index is 0.109. The van der Waals surface area contributed by atoms with Gasteiger partial charge in [-0.05, 0) is 38.8 Å². The van der Waals surface area contributed by atoms with E-state index in [2.05, 4.69) is 36.1 Å². The molecular formula is C20H26N2O2. The number of carbonyl (C=O) groups is 1. The predicted molar refractivity (Wildman–Crippen MR) is 95.3 cm³/mol. The van der Waals surface area contributed by atoms with Gasteiger partial charge in [-0.3, -0.25) is 9.69 Å². The van der Waals surface area contributed by atoms with Crippen LogP contribution in [0, 0.1) is 27.7 Å². The molecule has 128 valence electrons. The molecule has 4 heteroatoms. The summed E-state index contributed by atoms with van der Waals surface area (Å²) in [7, 11) is 0. The molecule has 1 aromatic carbocycles. The SMILES string of the molecule is Cc1ccccc1CN1CCN(C(=O)c2c(C)oc(C)c2C)CC1. The van der Waals surface area contributed by atoms with E-state index in [9.17, 15) is 4.79 Å². The number of aryl methyl sites for hydroxylation is 3. The van der Waals surface area contributed by atoms with Crippen molar-refractivity contribution in [2.45, 2.75) is 34.2 Å². The molecule has 2 aromatic rings. The molecule has 1 saturated heterocycles. The van der Waals surface area contributed by atoms with Gasteiger partial charge in [0.15, 0.2) is 0 Å². The van der Waals surface area contributed by atoms with Crippen molar-refractivity contribution in [3.05, 3.63) is 58.0 Å². The second-order valence-electron chi connectivity index (χ2n) is 6.71. The lowest BCUT2D eigenvalue weighted by molar-refractivity contribution is 0.0626. The van der Waals surface area contributed by atoms with E-state index in [-0.39, 0.29) is 5.91 Å². The molecule has 24 heavy (non-hydrogen) atoms. The molecule has 0 bridgehead atoms. The van der Waals surface area contributed by atoms with E-state index in [4.69, 9.17) is 4.42 Å². The Morgan fingerprint density at radius 2 is 1.67 bits per heavy atom. The van der Waals surface area contributed by atoms with Crippen LogP contribution in [0.3, 0.4) is 0 Å². The van der Waals surface area contributed by atoms with Crippen LogP contribution in [0.15, 0.2) is 28.7 Å². The van der Waals surface area contributed by atoms with Gasteiger partial charge in [0.1, 0.15) is 11.5 Å². The Morgan fingerprint density at radius 3 is 2.25 bits per heavy atom. The highest BCUT2D eigenvalue weighted by Crippen LogP contribution is 2.23. The van der Waals surface area contributed by atoms with Gasteiger partial charge in [-0.15, -0.1) is 0 Å². The molecule has 1 fully saturated rings. The Morgan fingerprint density at radius 1 is 1.00 bits per heavy atom. The third-order valence-corrected chi connectivity index (χ3v) is 5.09. The van der Waals surface area contributed by atoms with E-state index >= 15 is 0 Å². The number of hydrogen-bond donors (Lipinski definition) is 0. The summed E-state index contributed by atoms with van der Waals surface area (Å²) in [6.07, 6.45) is 0. The molecule has 3 rings (SSSR count). The summed E-state index contributed by atoms with van der Waals surface area (Å²) in [5, 5.41) is 0. The molecule has 1 aromatic heterocycles. The van der Waals surface area contributed by atoms with E-state index in [1.54, 1.807) is 0 Å². The zero-order valence-corrected chi connectivity index (χ0v) is 15.1. The van der Waals surface area contributed by atoms with E-state index in [0.29, 0.717) is 0 Å². The number of furan rings is 1. The second-order valence-corrected chi connectivity index (χ2v) is 6.71. The van der Waals surface area contributed by atoms with Crippen molar-refractivity contribution in [1.82, 2.24) is 9.80 Å². The highest BCUT2D eigenvalue weighted by molar-refractivity contribution is 5.97. The van der Waals surface area contributed by atoms with E-state index in [1.807, 2.05) is 25.7 Å². The van der Waals surface area contributed by atoms with Gasteiger partial charge >= 0.3 is 0 Å². The summed E-state index contributed by atoms with van der Waals surface area (Å²) in [5.41, 5.74) is 4.42. The van der Waals surface area contributed by atoms with Gasteiger partial charge in [-0.25, -0.2) is 0 Å². The highest BCUT2D eigenvalue weighted by Gasteiger charge is 2.26. The van der Waals surface area contributed by atoms with E-state index < -0.39 is 0 Å². The van der Waals surface area contributed by atoms with Crippen LogP contribution in [0.4, 0.5) is 0 Å². The Labute approximate surface area is 144 Å². The first-order valence-electron chi connectivity index (χ1n) is 8.60. The smallest absolute Gasteiger partial charge is 0.257 e. The molecule has 0 unspecified atom stereocenters. The van der Waals surface area contributed by atoms with Gasteiger partial charge in [0, 0.05) is 38.3 Å². The van der Waals surface area contributed by atoms with Gasteiger partial charge in [0.25, 0.3) is 5.91 Å². The van der Waals surface area contributed by atoms with Gasteiger partial charge in [-0.2, -0.15) is 0 Å². The maximum absolute atomic E-state index is 12.8. The fraction of sp³-hybridized carbons (Fsp3) is 0.450. The molecule has 0 N–H and O–H groups in total. The maximum Gasteiger partial charge on any atom is 0.257 e. The Bertz CT molecular complexity index is 740. The number of hydrogen-bond acceptors (Lipinski definition) is 3. The van der Waals surface area contributed by atoms with Crippen LogP contribution in [0.2, 0.25) is 0 Å². The monoisotopic (exact) mass is 326 g/mol. The fourth-order valence-electron chi connectivity index (χ4n) is 3.40. The number of carbonyl (C=O) groups excluding carboxylic acids is 1. The summed E-state index contributed by atoms with van der Waals surface area (Å²) in [6.45, 7) is 12.2. The summed E-state index contributed by atoms with van der Waals surface area (Å²) in [6, 6.07) is 8.51. The summed E-state index contributed by atoms with van der Waals surface area (Å²) in [4.78, 5) is 17.2. The standard InChI is InChI=1S/C20H26N2O2/c1-14-7-5-6-8-18(14)13-21-9-11-22(12-10-21)20(23)19-15(2)16(3)24-17(19)4/h5-8H,9-13H2,1-4H3. The van der Waals surface area contributed by atoms with Crippen LogP contribution < -0.4 is 0 Å². The number of nitrogens with zero attached hydrogens (tertiary/aromatic N) is 2. The van der Waals surface area contributed by atoms with Crippen LogP contribution in [0.5, 0.6) is 0 Å². The van der Waals surface area contributed by atoms with E-state index in [1.165, 1.54) is 11.1 Å². The molecule has 1 aliphatic rings. The Kier molecular flexibility index (Phi) is 4.76. The number of piperazine rings is 1. The fourth-order valence-corrected chi connectivity index (χ4v) is 3.40. The Hall–Kier alpha value is -2.07. The second kappa shape index (κ2) is 6.81. The first kappa shape index (κ1) is 16.8. The summed E-state index contributed by atoms with van der Waals surface area (Å²) < 4.78 is 5.61. The molecular weight excluding hydrogens is 300 g/mol. The predicted octanol–water partition coefficient (Wildman–Crippen LogP) is 3.47. The number of amides is 1. The van der Waals surface area contributed by atoms with Crippen molar-refractivity contribution in [3.63, 3.8) is 0 Å². The quantitative estimate of drug-likeness (QED) is 0.866. The molecule has 2 heterocycles. The number of benzene rings is 1. The van der Waals surface area contributed by atoms with Crippen LogP contribution in [-0.4, -0.2) is 41.9 Å². The lowest BCUT2D eigenvalue weighted by atomic mass is 10.1. The molecule has 0 spiro atoms. The topological polar surface area (TPSA) is 36.7 Å². The minimum atomic E-state index is 0.109. The van der Waals surface area contributed by atoms with Crippen molar-refractivity contribution in [2.24, 2.45) is 0 Å². The maximum atomic E-state index is 12.8. The van der Waals surface area contributed by atoms with Gasteiger partial charge in [0.05, 0.1) is 5.56 Å². The van der Waals surface area contributed by atoms with Gasteiger partial charge in [-0.1, -0.05) is 24.3 Å². The zero-order chi connectivity index (χ0) is 17.3. The summed E-state index contributed by atoms with van der Waals surface area (Å²) >= 11 is 0. The lowest BCUT2D eigenvalue weighted by Crippen LogP contribution is -2.48. The molecule has 1 amide bonds. The van der Waals surface area contributed by atoms with Crippen LogP contribution in [-0.2, 0) is 6.54 Å². The summed E-state index contributed by atoms with van der Waals surface area (Å²) in [5.74, 6) is 1.68. The van der Waals surface area contributed by atoms with Crippen molar-refractivity contribution < 1.29 is 9.21 Å². The normalized spacial score (nSPS) is 15.8. The van der Waals surface area contributed by atoms with Crippen molar-refractivity contribution in [2.75, 3.05) is 26.2 Å². The first-order chi connectivity index (χ1) is 11.5. The highest BCUT2D eigenvalue weighted by atomic mass is 16.3. The van der Waals surface area contributed by atoms with Crippen molar-refractivity contribution in [1.29, 1.82) is 0 Å². The molecule has 0 radical (unpaired) electrons. The first-order valence-corrected chi connectivity index (χ1v) is 8.60. The van der Waals surface area contributed by atoms with E-state index in [0.717, 1.165) is 55.4 Å². The average Bonchev–Trinajstić information content (AvgIpc) is 2.82. The molecule has 0 saturated carbocycles. The van der Waals surface area contributed by atoms with Crippen molar-refractivity contribution in [3.8, 4) is 0 Å². The lowest BCUT2D eigenvalue weighted by Gasteiger charge is -2.35. The van der Waals surface area contributed by atoms with Gasteiger partial charge in [0.2, 0.25) is 0 Å². The third kappa shape index (κ3) is 3.24. The van der Waals surface area contributed by atoms with Crippen molar-refractivity contribution >= 4 is 5.91 Å². The molecule has 0 aliphatic carbocycles. The third-order valence-electron chi connectivity index (χ3n) is 5.09. The zero-order valence-electron chi connectivity index (χ0n) is 15.1. The van der Waals surface area contributed by atoms with Crippen LogP contribution in [0.25, 0.3) is 0 Å². The Balaban J connectivity index is 1.63. The number of rotatable bonds is 3. The van der Waals surface area contributed by atoms with Crippen LogP contribution >= 0.6 is 0 Å². The molecule has 1 aliphatic heterocycles. The largest absolute Gasteiger partial charge is 0.466 e. The minimum Gasteiger partial charge on any atom is -0.466 e. The molecule has 0 atom stereocenters. The molecule has 4 nitrogen and oxygen atoms in total.